The van der Waals surface area contributed by atoms with Crippen molar-refractivity contribution < 1.29 is 30.3 Å². The molecule has 1 rings (SSSR count). The Morgan fingerprint density at radius 2 is 2.00 bits per heavy atom. The molecule has 6 nitrogen and oxygen atoms in total. The van der Waals surface area contributed by atoms with Crippen molar-refractivity contribution in [2.75, 3.05) is 6.61 Å². The summed E-state index contributed by atoms with van der Waals surface area (Å²) < 4.78 is 5.03. The van der Waals surface area contributed by atoms with Crippen molar-refractivity contribution >= 4 is 0 Å². The highest BCUT2D eigenvalue weighted by atomic mass is 16.7. The third-order valence-corrected chi connectivity index (χ3v) is 2.89. The first-order valence-corrected chi connectivity index (χ1v) is 5.03. The molecule has 0 bridgehead atoms. The molecule has 16 heavy (non-hydrogen) atoms. The number of aliphatic hydroxyl groups excluding tert-OH is 3. The number of aliphatic hydroxyl groups is 5. The van der Waals surface area contributed by atoms with Crippen LogP contribution in [0.3, 0.4) is 0 Å². The van der Waals surface area contributed by atoms with Crippen LogP contribution in [0.5, 0.6) is 0 Å². The van der Waals surface area contributed by atoms with Crippen LogP contribution in [0, 0.1) is 0 Å². The van der Waals surface area contributed by atoms with Crippen molar-refractivity contribution in [1.82, 2.24) is 0 Å². The number of hydrogen-bond donors (Lipinski definition) is 5. The lowest BCUT2D eigenvalue weighted by Crippen LogP contribution is -2.53. The van der Waals surface area contributed by atoms with E-state index < -0.39 is 36.3 Å². The van der Waals surface area contributed by atoms with E-state index in [2.05, 4.69) is 0 Å². The van der Waals surface area contributed by atoms with E-state index in [9.17, 15) is 20.4 Å². The Kier molecular flexibility index (Phi) is 3.73. The average Bonchev–Trinajstić information content (AvgIpc) is 2.39. The van der Waals surface area contributed by atoms with Crippen molar-refractivity contribution in [2.45, 2.75) is 43.5 Å². The van der Waals surface area contributed by atoms with Gasteiger partial charge in [0.05, 0.1) is 6.61 Å². The summed E-state index contributed by atoms with van der Waals surface area (Å²) in [5.41, 5.74) is -1.96. The molecule has 0 unspecified atom stereocenters. The van der Waals surface area contributed by atoms with E-state index in [1.165, 1.54) is 19.1 Å². The van der Waals surface area contributed by atoms with Crippen LogP contribution in [-0.2, 0) is 4.74 Å². The lowest BCUT2D eigenvalue weighted by molar-refractivity contribution is -0.235. The molecule has 0 aromatic carbocycles. The molecule has 0 aliphatic carbocycles. The lowest BCUT2D eigenvalue weighted by Gasteiger charge is -2.31. The zero-order chi connectivity index (χ0) is 12.6. The highest BCUT2D eigenvalue weighted by Crippen LogP contribution is 2.40. The predicted octanol–water partition coefficient (Wildman–Crippen LogP) is -1.89. The van der Waals surface area contributed by atoms with Gasteiger partial charge < -0.3 is 30.3 Å². The number of allylic oxidation sites excluding steroid dienone is 1. The highest BCUT2D eigenvalue weighted by molar-refractivity contribution is 5.15. The minimum absolute atomic E-state index is 0.635. The summed E-state index contributed by atoms with van der Waals surface area (Å²) >= 11 is 0. The highest BCUT2D eigenvalue weighted by Gasteiger charge is 2.62. The van der Waals surface area contributed by atoms with Crippen molar-refractivity contribution in [3.63, 3.8) is 0 Å². The van der Waals surface area contributed by atoms with Gasteiger partial charge in [0.25, 0.3) is 0 Å². The van der Waals surface area contributed by atoms with E-state index in [0.29, 0.717) is 0 Å². The fourth-order valence-corrected chi connectivity index (χ4v) is 1.75. The van der Waals surface area contributed by atoms with Crippen LogP contribution >= 0.6 is 0 Å². The quantitative estimate of drug-likeness (QED) is 0.365. The Balaban J connectivity index is 3.02. The van der Waals surface area contributed by atoms with Crippen molar-refractivity contribution in [1.29, 1.82) is 0 Å². The third kappa shape index (κ3) is 1.88. The Hall–Kier alpha value is -0.500. The Morgan fingerprint density at radius 1 is 1.44 bits per heavy atom. The molecule has 5 N–H and O–H groups in total. The molecule has 1 heterocycles. The van der Waals surface area contributed by atoms with Crippen LogP contribution < -0.4 is 0 Å². The fourth-order valence-electron chi connectivity index (χ4n) is 1.75. The van der Waals surface area contributed by atoms with Crippen LogP contribution in [0.1, 0.15) is 13.8 Å². The molecule has 6 heteroatoms. The first kappa shape index (κ1) is 13.6. The van der Waals surface area contributed by atoms with Gasteiger partial charge in [-0.25, -0.2) is 0 Å². The summed E-state index contributed by atoms with van der Waals surface area (Å²) in [4.78, 5) is 0. The second-order valence-electron chi connectivity index (χ2n) is 4.12. The Morgan fingerprint density at radius 3 is 2.44 bits per heavy atom. The van der Waals surface area contributed by atoms with Crippen molar-refractivity contribution in [2.24, 2.45) is 0 Å². The van der Waals surface area contributed by atoms with Gasteiger partial charge in [-0.3, -0.25) is 0 Å². The van der Waals surface area contributed by atoms with E-state index in [0.717, 1.165) is 0 Å². The summed E-state index contributed by atoms with van der Waals surface area (Å²) in [6.45, 7) is 2.17. The number of hydrogen-bond acceptors (Lipinski definition) is 6. The van der Waals surface area contributed by atoms with E-state index in [-0.39, 0.29) is 0 Å². The largest absolute Gasteiger partial charge is 0.394 e. The molecular formula is C10H18O6. The first-order valence-electron chi connectivity index (χ1n) is 5.03. The molecule has 1 fully saturated rings. The molecule has 0 spiro atoms. The van der Waals surface area contributed by atoms with Crippen LogP contribution in [-0.4, -0.2) is 61.8 Å². The molecular weight excluding hydrogens is 216 g/mol. The molecule has 94 valence electrons. The Bertz CT molecular complexity index is 276. The maximum absolute atomic E-state index is 9.99. The van der Waals surface area contributed by atoms with Crippen molar-refractivity contribution in [3.8, 4) is 0 Å². The number of ether oxygens (including phenoxy) is 1. The van der Waals surface area contributed by atoms with Crippen LogP contribution in [0.2, 0.25) is 0 Å². The van der Waals surface area contributed by atoms with Gasteiger partial charge in [-0.15, -0.1) is 0 Å². The maximum atomic E-state index is 9.99. The van der Waals surface area contributed by atoms with Gasteiger partial charge in [-0.1, -0.05) is 6.08 Å². The van der Waals surface area contributed by atoms with Crippen LogP contribution in [0.15, 0.2) is 12.2 Å². The smallest absolute Gasteiger partial charge is 0.217 e. The molecule has 5 atom stereocenters. The third-order valence-electron chi connectivity index (χ3n) is 2.89. The van der Waals surface area contributed by atoms with E-state index in [1.54, 1.807) is 6.92 Å². The second kappa shape index (κ2) is 4.40. The SMILES string of the molecule is CC=C[C@]1(O)O[C@@H]([C@H](O)CO)[C@H](O)[C@@]1(C)O. The zero-order valence-corrected chi connectivity index (χ0v) is 9.24. The molecule has 0 saturated carbocycles. The van der Waals surface area contributed by atoms with Crippen LogP contribution in [0.4, 0.5) is 0 Å². The summed E-state index contributed by atoms with van der Waals surface area (Å²) in [5.74, 6) is -2.08. The standard InChI is InChI=1S/C10H18O6/c1-3-4-10(15)9(2,14)8(13)7(16-10)6(12)5-11/h3-4,6-8,11-15H,5H2,1-2H3/t6-,7+,8+,9-,10+/m1/s1. The molecule has 0 amide bonds. The van der Waals surface area contributed by atoms with Crippen LogP contribution in [0.25, 0.3) is 0 Å². The normalized spacial score (nSPS) is 46.4. The van der Waals surface area contributed by atoms with Gasteiger partial charge in [-0.05, 0) is 19.9 Å². The van der Waals surface area contributed by atoms with Gasteiger partial charge in [0.2, 0.25) is 5.79 Å². The number of rotatable bonds is 3. The van der Waals surface area contributed by atoms with Crippen molar-refractivity contribution in [3.05, 3.63) is 12.2 Å². The second-order valence-corrected chi connectivity index (χ2v) is 4.12. The minimum Gasteiger partial charge on any atom is -0.394 e. The van der Waals surface area contributed by atoms with Gasteiger partial charge in [-0.2, -0.15) is 0 Å². The van der Waals surface area contributed by atoms with Gasteiger partial charge in [0.15, 0.2) is 0 Å². The maximum Gasteiger partial charge on any atom is 0.217 e. The molecule has 1 aliphatic rings. The fraction of sp³-hybridized carbons (Fsp3) is 0.800. The van der Waals surface area contributed by atoms with E-state index in [4.69, 9.17) is 9.84 Å². The summed E-state index contributed by atoms with van der Waals surface area (Å²) in [6.07, 6.45) is -1.49. The topological polar surface area (TPSA) is 110 Å². The molecule has 0 aromatic rings. The van der Waals surface area contributed by atoms with E-state index >= 15 is 0 Å². The molecule has 1 saturated heterocycles. The molecule has 0 aromatic heterocycles. The Labute approximate surface area is 93.4 Å². The average molecular weight is 234 g/mol. The summed E-state index contributed by atoms with van der Waals surface area (Å²) in [7, 11) is 0. The predicted molar refractivity (Wildman–Crippen MR) is 54.4 cm³/mol. The zero-order valence-electron chi connectivity index (χ0n) is 9.24. The first-order chi connectivity index (χ1) is 7.30. The monoisotopic (exact) mass is 234 g/mol. The van der Waals surface area contributed by atoms with Gasteiger partial charge in [0, 0.05) is 0 Å². The van der Waals surface area contributed by atoms with Gasteiger partial charge in [0.1, 0.15) is 23.9 Å². The molecule has 0 radical (unpaired) electrons. The molecule has 1 aliphatic heterocycles. The lowest BCUT2D eigenvalue weighted by atomic mass is 9.88. The summed E-state index contributed by atoms with van der Waals surface area (Å²) in [5, 5.41) is 47.8. The summed E-state index contributed by atoms with van der Waals surface area (Å²) in [6, 6.07) is 0. The van der Waals surface area contributed by atoms with Gasteiger partial charge >= 0.3 is 0 Å². The van der Waals surface area contributed by atoms with E-state index in [1.807, 2.05) is 0 Å². The minimum atomic E-state index is -2.08.